The smallest absolute Gasteiger partial charge is 0.338 e. The molecule has 2 aromatic carbocycles. The van der Waals surface area contributed by atoms with Crippen LogP contribution in [0, 0.1) is 0 Å². The van der Waals surface area contributed by atoms with Gasteiger partial charge in [0.15, 0.2) is 4.80 Å². The highest BCUT2D eigenvalue weighted by atomic mass is 32.1. The Labute approximate surface area is 199 Å². The number of allylic oxidation sites excluding steroid dienone is 1. The lowest BCUT2D eigenvalue weighted by molar-refractivity contribution is -0.138. The van der Waals surface area contributed by atoms with Gasteiger partial charge in [-0.3, -0.25) is 14.2 Å². The second-order valence-electron chi connectivity index (χ2n) is 7.96. The van der Waals surface area contributed by atoms with Gasteiger partial charge >= 0.3 is 5.97 Å². The number of rotatable bonds is 4. The van der Waals surface area contributed by atoms with E-state index in [0.717, 1.165) is 22.6 Å². The SMILES string of the molecule is C=CCOC(=O)C1=C(C)N=c2s/c(=C3\C(=O)N(C)c4ccccc43)c(=O)n2[C@@H]1c1ccccc1. The molecule has 0 aliphatic carbocycles. The minimum absolute atomic E-state index is 0.0450. The summed E-state index contributed by atoms with van der Waals surface area (Å²) in [6.07, 6.45) is 1.49. The molecule has 0 radical (unpaired) electrons. The number of amides is 1. The molecule has 0 spiro atoms. The fourth-order valence-corrected chi connectivity index (χ4v) is 5.52. The summed E-state index contributed by atoms with van der Waals surface area (Å²) in [5.41, 5.74) is 2.94. The predicted octanol–water partition coefficient (Wildman–Crippen LogP) is 2.31. The topological polar surface area (TPSA) is 81.0 Å². The van der Waals surface area contributed by atoms with Crippen molar-refractivity contribution in [2.24, 2.45) is 4.99 Å². The molecule has 170 valence electrons. The summed E-state index contributed by atoms with van der Waals surface area (Å²) in [5.74, 6) is -0.806. The number of anilines is 1. The number of aromatic nitrogens is 1. The van der Waals surface area contributed by atoms with Gasteiger partial charge in [-0.15, -0.1) is 0 Å². The number of thiazole rings is 1. The highest BCUT2D eigenvalue weighted by molar-refractivity contribution is 7.07. The third kappa shape index (κ3) is 3.26. The Morgan fingerprint density at radius 1 is 1.15 bits per heavy atom. The molecule has 8 heteroatoms. The summed E-state index contributed by atoms with van der Waals surface area (Å²) in [6, 6.07) is 15.9. The molecule has 0 N–H and O–H groups in total. The molecule has 34 heavy (non-hydrogen) atoms. The second-order valence-corrected chi connectivity index (χ2v) is 8.93. The van der Waals surface area contributed by atoms with E-state index in [1.54, 1.807) is 18.9 Å². The van der Waals surface area contributed by atoms with Crippen LogP contribution in [0.1, 0.15) is 24.1 Å². The molecule has 1 aromatic heterocycles. The van der Waals surface area contributed by atoms with Crippen molar-refractivity contribution in [3.8, 4) is 0 Å². The van der Waals surface area contributed by atoms with E-state index in [-0.39, 0.29) is 23.6 Å². The molecule has 0 unspecified atom stereocenters. The van der Waals surface area contributed by atoms with Gasteiger partial charge in [0, 0.05) is 12.6 Å². The van der Waals surface area contributed by atoms with Crippen LogP contribution in [0.25, 0.3) is 5.57 Å². The Hall–Kier alpha value is -4.04. The minimum atomic E-state index is -0.728. The van der Waals surface area contributed by atoms with Crippen molar-refractivity contribution in [1.82, 2.24) is 4.57 Å². The van der Waals surface area contributed by atoms with Crippen LogP contribution in [0.15, 0.2) is 88.3 Å². The van der Waals surface area contributed by atoms with E-state index in [1.165, 1.54) is 10.6 Å². The quantitative estimate of drug-likeness (QED) is 0.432. The zero-order valence-electron chi connectivity index (χ0n) is 18.6. The summed E-state index contributed by atoms with van der Waals surface area (Å²) in [6.45, 7) is 5.37. The zero-order chi connectivity index (χ0) is 24.0. The molecular formula is C26H21N3O4S. The maximum Gasteiger partial charge on any atom is 0.338 e. The van der Waals surface area contributed by atoms with E-state index in [1.807, 2.05) is 54.6 Å². The van der Waals surface area contributed by atoms with E-state index in [9.17, 15) is 14.4 Å². The first-order valence-electron chi connectivity index (χ1n) is 10.7. The lowest BCUT2D eigenvalue weighted by Crippen LogP contribution is -2.40. The van der Waals surface area contributed by atoms with E-state index < -0.39 is 12.0 Å². The van der Waals surface area contributed by atoms with Crippen molar-refractivity contribution in [3.05, 3.63) is 109 Å². The van der Waals surface area contributed by atoms with Crippen molar-refractivity contribution >= 4 is 34.5 Å². The fourth-order valence-electron chi connectivity index (χ4n) is 4.39. The number of ether oxygens (including phenoxy) is 1. The van der Waals surface area contributed by atoms with Crippen LogP contribution in [0.2, 0.25) is 0 Å². The first-order valence-corrected chi connectivity index (χ1v) is 11.5. The Kier molecular flexibility index (Phi) is 5.37. The number of para-hydroxylation sites is 1. The molecule has 0 saturated heterocycles. The van der Waals surface area contributed by atoms with Crippen LogP contribution in [-0.4, -0.2) is 30.1 Å². The lowest BCUT2D eigenvalue weighted by atomic mass is 9.96. The van der Waals surface area contributed by atoms with Gasteiger partial charge < -0.3 is 9.64 Å². The van der Waals surface area contributed by atoms with Crippen LogP contribution in [0.5, 0.6) is 0 Å². The molecular weight excluding hydrogens is 450 g/mol. The molecule has 3 heterocycles. The fraction of sp³-hybridized carbons (Fsp3) is 0.154. The standard InChI is InChI=1S/C26H21N3O4S/c1-4-14-33-25(32)19-15(2)27-26-29(21(19)16-10-6-5-7-11-16)24(31)22(34-26)20-17-12-8-9-13-18(17)28(3)23(20)30/h4-13,21H,1,14H2,2-3H3/b22-20-/t21-/m1/s1. The van der Waals surface area contributed by atoms with Gasteiger partial charge in [-0.1, -0.05) is 72.5 Å². The third-order valence-corrected chi connectivity index (χ3v) is 7.00. The van der Waals surface area contributed by atoms with Crippen LogP contribution < -0.4 is 19.8 Å². The number of benzene rings is 2. The van der Waals surface area contributed by atoms with Crippen molar-refractivity contribution in [1.29, 1.82) is 0 Å². The molecule has 7 nitrogen and oxygen atoms in total. The van der Waals surface area contributed by atoms with Crippen molar-refractivity contribution < 1.29 is 14.3 Å². The normalized spacial score (nSPS) is 18.4. The van der Waals surface area contributed by atoms with E-state index in [4.69, 9.17) is 4.74 Å². The van der Waals surface area contributed by atoms with Gasteiger partial charge in [-0.05, 0) is 18.6 Å². The third-order valence-electron chi connectivity index (χ3n) is 5.95. The first-order chi connectivity index (χ1) is 16.4. The van der Waals surface area contributed by atoms with Gasteiger partial charge in [0.2, 0.25) is 0 Å². The molecule has 3 aromatic rings. The Morgan fingerprint density at radius 3 is 2.59 bits per heavy atom. The Morgan fingerprint density at radius 2 is 1.85 bits per heavy atom. The molecule has 1 amide bonds. The predicted molar refractivity (Wildman–Crippen MR) is 130 cm³/mol. The average Bonchev–Trinajstić information content (AvgIpc) is 3.30. The van der Waals surface area contributed by atoms with Gasteiger partial charge in [0.05, 0.1) is 28.6 Å². The highest BCUT2D eigenvalue weighted by Crippen LogP contribution is 2.34. The van der Waals surface area contributed by atoms with Crippen molar-refractivity contribution in [3.63, 3.8) is 0 Å². The number of esters is 1. The zero-order valence-corrected chi connectivity index (χ0v) is 19.5. The van der Waals surface area contributed by atoms with Crippen molar-refractivity contribution in [2.75, 3.05) is 18.6 Å². The van der Waals surface area contributed by atoms with Crippen LogP contribution in [0.3, 0.4) is 0 Å². The summed E-state index contributed by atoms with van der Waals surface area (Å²) < 4.78 is 7.13. The molecule has 5 rings (SSSR count). The number of nitrogens with zero attached hydrogens (tertiary/aromatic N) is 3. The monoisotopic (exact) mass is 471 g/mol. The number of hydrogen-bond donors (Lipinski definition) is 0. The summed E-state index contributed by atoms with van der Waals surface area (Å²) in [7, 11) is 1.69. The van der Waals surface area contributed by atoms with Crippen LogP contribution in [-0.2, 0) is 14.3 Å². The largest absolute Gasteiger partial charge is 0.458 e. The Bertz CT molecular complexity index is 1560. The van der Waals surface area contributed by atoms with Crippen molar-refractivity contribution in [2.45, 2.75) is 13.0 Å². The number of carbonyl (C=O) groups excluding carboxylic acids is 2. The van der Waals surface area contributed by atoms with Gasteiger partial charge in [-0.2, -0.15) is 0 Å². The van der Waals surface area contributed by atoms with Crippen LogP contribution in [0.4, 0.5) is 5.69 Å². The van der Waals surface area contributed by atoms with E-state index >= 15 is 0 Å². The molecule has 1 atom stereocenters. The van der Waals surface area contributed by atoms with Gasteiger partial charge in [-0.25, -0.2) is 9.79 Å². The first kappa shape index (κ1) is 21.8. The number of carbonyl (C=O) groups is 2. The summed E-state index contributed by atoms with van der Waals surface area (Å²) in [5, 5.41) is 0. The van der Waals surface area contributed by atoms with Crippen LogP contribution >= 0.6 is 11.3 Å². The van der Waals surface area contributed by atoms with E-state index in [2.05, 4.69) is 11.6 Å². The van der Waals surface area contributed by atoms with Gasteiger partial charge in [0.25, 0.3) is 11.5 Å². The average molecular weight is 472 g/mol. The highest BCUT2D eigenvalue weighted by Gasteiger charge is 2.36. The second kappa shape index (κ2) is 8.39. The minimum Gasteiger partial charge on any atom is -0.458 e. The molecule has 0 fully saturated rings. The maximum atomic E-state index is 13.9. The Balaban J connectivity index is 1.81. The molecule has 2 aliphatic heterocycles. The number of likely N-dealkylation sites (N-methyl/N-ethyl adjacent to an activating group) is 1. The number of hydrogen-bond acceptors (Lipinski definition) is 6. The number of fused-ring (bicyclic) bond motifs is 2. The molecule has 0 bridgehead atoms. The summed E-state index contributed by atoms with van der Waals surface area (Å²) in [4.78, 5) is 46.6. The van der Waals surface area contributed by atoms with Gasteiger partial charge in [0.1, 0.15) is 11.1 Å². The summed E-state index contributed by atoms with van der Waals surface area (Å²) >= 11 is 1.16. The molecule has 0 saturated carbocycles. The molecule has 2 aliphatic rings. The maximum absolute atomic E-state index is 13.9. The van der Waals surface area contributed by atoms with E-state index in [0.29, 0.717) is 26.2 Å². The lowest BCUT2D eigenvalue weighted by Gasteiger charge is -2.24.